The van der Waals surface area contributed by atoms with Gasteiger partial charge in [0.05, 0.1) is 0 Å². The summed E-state index contributed by atoms with van der Waals surface area (Å²) < 4.78 is 0. The summed E-state index contributed by atoms with van der Waals surface area (Å²) in [6, 6.07) is 13.8. The fourth-order valence-electron chi connectivity index (χ4n) is 3.08. The fraction of sp³-hybridized carbons (Fsp3) is 0.143. The van der Waals surface area contributed by atoms with Crippen molar-refractivity contribution in [2.75, 3.05) is 5.32 Å². The van der Waals surface area contributed by atoms with E-state index in [4.69, 9.17) is 23.8 Å². The standard InChI is InChI=1S/C21H20ClN7S/c22-18-7-10-25-20(29-18)26-11-14-3-1-2-4-15(14)12-27-21(30)28-13-16-5-8-23-19-17(16)6-9-24-19/h1-10H,11-13H2,(H,23,24)(H,25,26,29)(H2,27,28,30). The quantitative estimate of drug-likeness (QED) is 0.258. The van der Waals surface area contributed by atoms with Crippen LogP contribution in [0.15, 0.2) is 61.1 Å². The Morgan fingerprint density at radius 1 is 0.900 bits per heavy atom. The number of nitrogens with zero attached hydrogens (tertiary/aromatic N) is 3. The van der Waals surface area contributed by atoms with Crippen LogP contribution >= 0.6 is 23.8 Å². The zero-order valence-corrected chi connectivity index (χ0v) is 17.6. The van der Waals surface area contributed by atoms with Crippen molar-refractivity contribution in [2.45, 2.75) is 19.6 Å². The predicted octanol–water partition coefficient (Wildman–Crippen LogP) is 3.78. The first-order valence-corrected chi connectivity index (χ1v) is 10.2. The van der Waals surface area contributed by atoms with E-state index in [0.29, 0.717) is 35.8 Å². The van der Waals surface area contributed by atoms with E-state index in [9.17, 15) is 0 Å². The van der Waals surface area contributed by atoms with Gasteiger partial charge in [-0.05, 0) is 47.1 Å². The summed E-state index contributed by atoms with van der Waals surface area (Å²) in [6.07, 6.45) is 5.30. The second-order valence-corrected chi connectivity index (χ2v) is 7.37. The zero-order chi connectivity index (χ0) is 20.8. The third-order valence-corrected chi connectivity index (χ3v) is 5.11. The van der Waals surface area contributed by atoms with Crippen molar-refractivity contribution in [3.05, 3.63) is 82.9 Å². The van der Waals surface area contributed by atoms with E-state index < -0.39 is 0 Å². The number of anilines is 1. The second-order valence-electron chi connectivity index (χ2n) is 6.57. The molecule has 9 heteroatoms. The van der Waals surface area contributed by atoms with Crippen LogP contribution < -0.4 is 16.0 Å². The molecule has 0 fully saturated rings. The lowest BCUT2D eigenvalue weighted by molar-refractivity contribution is 0.827. The summed E-state index contributed by atoms with van der Waals surface area (Å²) in [5.41, 5.74) is 4.27. The molecular formula is C21H20ClN7S. The van der Waals surface area contributed by atoms with Crippen LogP contribution in [0.1, 0.15) is 16.7 Å². The monoisotopic (exact) mass is 437 g/mol. The summed E-state index contributed by atoms with van der Waals surface area (Å²) in [6.45, 7) is 1.81. The normalized spacial score (nSPS) is 10.7. The number of benzene rings is 1. The van der Waals surface area contributed by atoms with Gasteiger partial charge in [0, 0.05) is 43.6 Å². The number of hydrogen-bond donors (Lipinski definition) is 4. The molecule has 4 rings (SSSR count). The molecule has 152 valence electrons. The average Bonchev–Trinajstić information content (AvgIpc) is 3.25. The van der Waals surface area contributed by atoms with Crippen LogP contribution in [-0.4, -0.2) is 25.0 Å². The summed E-state index contributed by atoms with van der Waals surface area (Å²) >= 11 is 11.4. The van der Waals surface area contributed by atoms with Crippen molar-refractivity contribution in [2.24, 2.45) is 0 Å². The summed E-state index contributed by atoms with van der Waals surface area (Å²) in [4.78, 5) is 15.7. The molecule has 0 saturated heterocycles. The second kappa shape index (κ2) is 9.51. The Labute approximate surface area is 184 Å². The van der Waals surface area contributed by atoms with Crippen LogP contribution in [0.2, 0.25) is 5.15 Å². The maximum atomic E-state index is 5.91. The molecule has 0 aliphatic carbocycles. The largest absolute Gasteiger partial charge is 0.359 e. The molecule has 0 aliphatic rings. The van der Waals surface area contributed by atoms with E-state index in [1.54, 1.807) is 18.5 Å². The van der Waals surface area contributed by atoms with Gasteiger partial charge in [0.15, 0.2) is 5.11 Å². The molecule has 0 unspecified atom stereocenters. The van der Waals surface area contributed by atoms with Crippen molar-refractivity contribution < 1.29 is 0 Å². The molecule has 3 aromatic heterocycles. The number of rotatable bonds is 7. The lowest BCUT2D eigenvalue weighted by Gasteiger charge is -2.14. The number of aromatic nitrogens is 4. The molecular weight excluding hydrogens is 418 g/mol. The van der Waals surface area contributed by atoms with Gasteiger partial charge >= 0.3 is 0 Å². The van der Waals surface area contributed by atoms with E-state index in [1.807, 2.05) is 30.5 Å². The number of aromatic amines is 1. The topological polar surface area (TPSA) is 90.6 Å². The van der Waals surface area contributed by atoms with E-state index in [0.717, 1.165) is 27.7 Å². The Bertz CT molecular complexity index is 1160. The van der Waals surface area contributed by atoms with Gasteiger partial charge in [-0.25, -0.2) is 15.0 Å². The van der Waals surface area contributed by atoms with Crippen LogP contribution in [0, 0.1) is 0 Å². The van der Waals surface area contributed by atoms with Gasteiger partial charge in [-0.2, -0.15) is 0 Å². The van der Waals surface area contributed by atoms with Gasteiger partial charge in [-0.3, -0.25) is 0 Å². The molecule has 0 aliphatic heterocycles. The number of fused-ring (bicyclic) bond motifs is 1. The highest BCUT2D eigenvalue weighted by atomic mass is 35.5. The molecule has 3 heterocycles. The third-order valence-electron chi connectivity index (χ3n) is 4.61. The Hall–Kier alpha value is -3.23. The SMILES string of the molecule is S=C(NCc1ccccc1CNc1nccc(Cl)n1)NCc1ccnc2[nH]ccc12. The smallest absolute Gasteiger partial charge is 0.224 e. The van der Waals surface area contributed by atoms with Crippen LogP contribution in [0.4, 0.5) is 5.95 Å². The van der Waals surface area contributed by atoms with Gasteiger partial charge < -0.3 is 20.9 Å². The van der Waals surface area contributed by atoms with Crippen LogP contribution in [0.3, 0.4) is 0 Å². The van der Waals surface area contributed by atoms with Gasteiger partial charge in [0.25, 0.3) is 0 Å². The lowest BCUT2D eigenvalue weighted by Crippen LogP contribution is -2.34. The summed E-state index contributed by atoms with van der Waals surface area (Å²) in [7, 11) is 0. The van der Waals surface area contributed by atoms with Gasteiger partial charge in [-0.15, -0.1) is 0 Å². The molecule has 30 heavy (non-hydrogen) atoms. The number of pyridine rings is 1. The van der Waals surface area contributed by atoms with Gasteiger partial charge in [0.2, 0.25) is 5.95 Å². The van der Waals surface area contributed by atoms with Crippen molar-refractivity contribution in [1.29, 1.82) is 0 Å². The number of hydrogen-bond acceptors (Lipinski definition) is 5. The highest BCUT2D eigenvalue weighted by Gasteiger charge is 2.06. The molecule has 0 spiro atoms. The molecule has 4 N–H and O–H groups in total. The van der Waals surface area contributed by atoms with E-state index in [2.05, 4.69) is 48.0 Å². The van der Waals surface area contributed by atoms with Crippen molar-refractivity contribution in [3.63, 3.8) is 0 Å². The van der Waals surface area contributed by atoms with Crippen molar-refractivity contribution in [1.82, 2.24) is 30.6 Å². The van der Waals surface area contributed by atoms with E-state index >= 15 is 0 Å². The fourth-order valence-corrected chi connectivity index (χ4v) is 3.37. The average molecular weight is 438 g/mol. The Kier molecular flexibility index (Phi) is 6.36. The molecule has 4 aromatic rings. The maximum Gasteiger partial charge on any atom is 0.224 e. The predicted molar refractivity (Wildman–Crippen MR) is 123 cm³/mol. The van der Waals surface area contributed by atoms with E-state index in [1.165, 1.54) is 0 Å². The van der Waals surface area contributed by atoms with Crippen LogP contribution in [0.25, 0.3) is 11.0 Å². The molecule has 7 nitrogen and oxygen atoms in total. The molecule has 0 amide bonds. The summed E-state index contributed by atoms with van der Waals surface area (Å²) in [5.74, 6) is 0.496. The van der Waals surface area contributed by atoms with E-state index in [-0.39, 0.29) is 0 Å². The van der Waals surface area contributed by atoms with Gasteiger partial charge in [-0.1, -0.05) is 35.9 Å². The van der Waals surface area contributed by atoms with Gasteiger partial charge in [0.1, 0.15) is 10.8 Å². The number of nitrogens with one attached hydrogen (secondary N) is 4. The zero-order valence-electron chi connectivity index (χ0n) is 16.0. The molecule has 1 aromatic carbocycles. The first-order valence-electron chi connectivity index (χ1n) is 9.41. The molecule has 0 radical (unpaired) electrons. The maximum absolute atomic E-state index is 5.91. The Morgan fingerprint density at radius 2 is 1.63 bits per heavy atom. The highest BCUT2D eigenvalue weighted by Crippen LogP contribution is 2.15. The highest BCUT2D eigenvalue weighted by molar-refractivity contribution is 7.80. The number of H-pyrrole nitrogens is 1. The number of thiocarbonyl (C=S) groups is 1. The minimum atomic E-state index is 0.407. The van der Waals surface area contributed by atoms with Crippen LogP contribution in [0.5, 0.6) is 0 Å². The Balaban J connectivity index is 1.32. The van der Waals surface area contributed by atoms with Crippen LogP contribution in [-0.2, 0) is 19.6 Å². The summed E-state index contributed by atoms with van der Waals surface area (Å²) in [5, 5.41) is 11.8. The van der Waals surface area contributed by atoms with Crippen molar-refractivity contribution in [3.8, 4) is 0 Å². The van der Waals surface area contributed by atoms with Crippen molar-refractivity contribution >= 4 is 45.9 Å². The first kappa shape index (κ1) is 20.1. The molecule has 0 atom stereocenters. The lowest BCUT2D eigenvalue weighted by atomic mass is 10.1. The Morgan fingerprint density at radius 3 is 2.43 bits per heavy atom. The minimum Gasteiger partial charge on any atom is -0.359 e. The molecule has 0 saturated carbocycles. The minimum absolute atomic E-state index is 0.407. The third kappa shape index (κ3) is 5.03. The first-order chi connectivity index (χ1) is 14.7. The molecule has 0 bridgehead atoms. The number of halogens is 1.